The second-order valence-corrected chi connectivity index (χ2v) is 5.49. The van der Waals surface area contributed by atoms with Gasteiger partial charge in [-0.1, -0.05) is 56.9 Å². The molecule has 1 aromatic carbocycles. The Balaban J connectivity index is 2.05. The number of hydrogen-bond acceptors (Lipinski definition) is 1. The molecular formula is C16H25N. The molecule has 17 heavy (non-hydrogen) atoms. The van der Waals surface area contributed by atoms with Crippen LogP contribution in [0.15, 0.2) is 24.3 Å². The number of nitrogens with two attached hydrogens (primary N) is 1. The highest BCUT2D eigenvalue weighted by Gasteiger charge is 2.14. The molecule has 1 aliphatic carbocycles. The minimum Gasteiger partial charge on any atom is -0.330 e. The Labute approximate surface area is 105 Å². The summed E-state index contributed by atoms with van der Waals surface area (Å²) in [5.41, 5.74) is 8.63. The van der Waals surface area contributed by atoms with Crippen LogP contribution in [0.25, 0.3) is 0 Å². The molecule has 1 heteroatoms. The van der Waals surface area contributed by atoms with Gasteiger partial charge in [0.15, 0.2) is 0 Å². The standard InChI is InChI=1S/C16H25N/c1-13(12-17)14-8-10-16(11-9-14)15-6-4-2-3-5-7-15/h8-11,13,15H,2-7,12,17H2,1H3. The zero-order valence-corrected chi connectivity index (χ0v) is 11.0. The van der Waals surface area contributed by atoms with Gasteiger partial charge in [0.05, 0.1) is 0 Å². The molecule has 0 radical (unpaired) electrons. The van der Waals surface area contributed by atoms with E-state index in [1.807, 2.05) is 0 Å². The third kappa shape index (κ3) is 3.32. The average molecular weight is 231 g/mol. The number of benzene rings is 1. The average Bonchev–Trinajstić information content (AvgIpc) is 2.67. The third-order valence-electron chi connectivity index (χ3n) is 4.19. The fraction of sp³-hybridized carbons (Fsp3) is 0.625. The summed E-state index contributed by atoms with van der Waals surface area (Å²) in [7, 11) is 0. The Bertz CT molecular complexity index is 320. The topological polar surface area (TPSA) is 26.0 Å². The van der Waals surface area contributed by atoms with Gasteiger partial charge in [0.1, 0.15) is 0 Å². The van der Waals surface area contributed by atoms with Crippen molar-refractivity contribution in [3.8, 4) is 0 Å². The van der Waals surface area contributed by atoms with Crippen molar-refractivity contribution in [2.45, 2.75) is 57.3 Å². The molecule has 0 bridgehead atoms. The normalized spacial score (nSPS) is 19.9. The van der Waals surface area contributed by atoms with Crippen molar-refractivity contribution in [3.05, 3.63) is 35.4 Å². The zero-order chi connectivity index (χ0) is 12.1. The highest BCUT2D eigenvalue weighted by atomic mass is 14.5. The first-order chi connectivity index (χ1) is 8.31. The molecule has 2 rings (SSSR count). The molecule has 0 saturated heterocycles. The maximum absolute atomic E-state index is 5.71. The van der Waals surface area contributed by atoms with Gasteiger partial charge in [-0.25, -0.2) is 0 Å². The first kappa shape index (κ1) is 12.6. The molecule has 0 aromatic heterocycles. The first-order valence-corrected chi connectivity index (χ1v) is 7.11. The van der Waals surface area contributed by atoms with Crippen molar-refractivity contribution in [1.29, 1.82) is 0 Å². The molecule has 94 valence electrons. The van der Waals surface area contributed by atoms with Crippen molar-refractivity contribution < 1.29 is 0 Å². The Kier molecular flexibility index (Phi) is 4.61. The Hall–Kier alpha value is -0.820. The molecule has 1 aromatic rings. The summed E-state index contributed by atoms with van der Waals surface area (Å²) >= 11 is 0. The van der Waals surface area contributed by atoms with Crippen LogP contribution in [0.3, 0.4) is 0 Å². The van der Waals surface area contributed by atoms with Crippen LogP contribution in [0, 0.1) is 0 Å². The van der Waals surface area contributed by atoms with Gasteiger partial charge in [-0.15, -0.1) is 0 Å². The fourth-order valence-corrected chi connectivity index (χ4v) is 2.85. The van der Waals surface area contributed by atoms with Crippen LogP contribution in [0.1, 0.15) is 68.4 Å². The highest BCUT2D eigenvalue weighted by Crippen LogP contribution is 2.32. The molecule has 1 unspecified atom stereocenters. The van der Waals surface area contributed by atoms with E-state index in [9.17, 15) is 0 Å². The van der Waals surface area contributed by atoms with E-state index in [1.165, 1.54) is 44.1 Å². The van der Waals surface area contributed by atoms with Crippen molar-refractivity contribution in [1.82, 2.24) is 0 Å². The van der Waals surface area contributed by atoms with Crippen LogP contribution < -0.4 is 5.73 Å². The maximum Gasteiger partial charge on any atom is -0.00109 e. The van der Waals surface area contributed by atoms with Crippen LogP contribution in [-0.2, 0) is 0 Å². The molecule has 0 amide bonds. The van der Waals surface area contributed by atoms with Gasteiger partial charge in [-0.3, -0.25) is 0 Å². The van der Waals surface area contributed by atoms with Gasteiger partial charge in [0, 0.05) is 0 Å². The smallest absolute Gasteiger partial charge is 0.00109 e. The van der Waals surface area contributed by atoms with E-state index < -0.39 is 0 Å². The van der Waals surface area contributed by atoms with Crippen LogP contribution in [-0.4, -0.2) is 6.54 Å². The van der Waals surface area contributed by atoms with Gasteiger partial charge >= 0.3 is 0 Å². The van der Waals surface area contributed by atoms with Crippen molar-refractivity contribution >= 4 is 0 Å². The van der Waals surface area contributed by atoms with E-state index in [-0.39, 0.29) is 0 Å². The Morgan fingerprint density at radius 3 is 2.18 bits per heavy atom. The second kappa shape index (κ2) is 6.20. The zero-order valence-electron chi connectivity index (χ0n) is 11.0. The third-order valence-corrected chi connectivity index (χ3v) is 4.19. The monoisotopic (exact) mass is 231 g/mol. The SMILES string of the molecule is CC(CN)c1ccc(C2CCCCCC2)cc1. The number of rotatable bonds is 3. The van der Waals surface area contributed by atoms with E-state index in [1.54, 1.807) is 5.56 Å². The van der Waals surface area contributed by atoms with Gasteiger partial charge in [0.25, 0.3) is 0 Å². The lowest BCUT2D eigenvalue weighted by molar-refractivity contribution is 0.592. The van der Waals surface area contributed by atoms with Gasteiger partial charge in [-0.2, -0.15) is 0 Å². The van der Waals surface area contributed by atoms with Crippen LogP contribution in [0.5, 0.6) is 0 Å². The molecule has 1 aliphatic rings. The predicted molar refractivity (Wildman–Crippen MR) is 74.4 cm³/mol. The van der Waals surface area contributed by atoms with Crippen molar-refractivity contribution in [2.75, 3.05) is 6.54 Å². The molecule has 2 N–H and O–H groups in total. The summed E-state index contributed by atoms with van der Waals surface area (Å²) in [5.74, 6) is 1.29. The Morgan fingerprint density at radius 1 is 1.06 bits per heavy atom. The molecule has 1 nitrogen and oxygen atoms in total. The van der Waals surface area contributed by atoms with Crippen LogP contribution in [0.4, 0.5) is 0 Å². The molecule has 1 fully saturated rings. The minimum atomic E-state index is 0.484. The van der Waals surface area contributed by atoms with Gasteiger partial charge in [0.2, 0.25) is 0 Å². The summed E-state index contributed by atoms with van der Waals surface area (Å²) in [4.78, 5) is 0. The van der Waals surface area contributed by atoms with Crippen LogP contribution in [0.2, 0.25) is 0 Å². The number of hydrogen-bond donors (Lipinski definition) is 1. The van der Waals surface area contributed by atoms with Gasteiger partial charge in [-0.05, 0) is 42.3 Å². The molecule has 0 aliphatic heterocycles. The van der Waals surface area contributed by atoms with E-state index in [0.717, 1.165) is 12.5 Å². The maximum atomic E-state index is 5.71. The molecule has 0 heterocycles. The Morgan fingerprint density at radius 2 is 1.65 bits per heavy atom. The second-order valence-electron chi connectivity index (χ2n) is 5.49. The predicted octanol–water partition coefficient (Wildman–Crippen LogP) is 4.19. The molecule has 0 spiro atoms. The van der Waals surface area contributed by atoms with Crippen molar-refractivity contribution in [2.24, 2.45) is 5.73 Å². The summed E-state index contributed by atoms with van der Waals surface area (Å²) in [6.07, 6.45) is 8.44. The largest absolute Gasteiger partial charge is 0.330 e. The molecular weight excluding hydrogens is 206 g/mol. The fourth-order valence-electron chi connectivity index (χ4n) is 2.85. The lowest BCUT2D eigenvalue weighted by Crippen LogP contribution is -2.09. The van der Waals surface area contributed by atoms with E-state index >= 15 is 0 Å². The summed E-state index contributed by atoms with van der Waals surface area (Å²) in [6.45, 7) is 2.93. The summed E-state index contributed by atoms with van der Waals surface area (Å²) in [6, 6.07) is 9.21. The summed E-state index contributed by atoms with van der Waals surface area (Å²) < 4.78 is 0. The van der Waals surface area contributed by atoms with Crippen molar-refractivity contribution in [3.63, 3.8) is 0 Å². The quantitative estimate of drug-likeness (QED) is 0.776. The summed E-state index contributed by atoms with van der Waals surface area (Å²) in [5, 5.41) is 0. The lowest BCUT2D eigenvalue weighted by Gasteiger charge is -2.16. The van der Waals surface area contributed by atoms with E-state index in [0.29, 0.717) is 5.92 Å². The lowest BCUT2D eigenvalue weighted by atomic mass is 9.90. The minimum absolute atomic E-state index is 0.484. The molecule has 1 saturated carbocycles. The molecule has 1 atom stereocenters. The van der Waals surface area contributed by atoms with E-state index in [2.05, 4.69) is 31.2 Å². The highest BCUT2D eigenvalue weighted by molar-refractivity contribution is 5.27. The van der Waals surface area contributed by atoms with E-state index in [4.69, 9.17) is 5.73 Å². The van der Waals surface area contributed by atoms with Crippen LogP contribution >= 0.6 is 0 Å². The first-order valence-electron chi connectivity index (χ1n) is 7.11. The van der Waals surface area contributed by atoms with Gasteiger partial charge < -0.3 is 5.73 Å².